The smallest absolute Gasteiger partial charge is 0.269 e. The molecule has 6 heteroatoms. The molecule has 1 aromatic carbocycles. The van der Waals surface area contributed by atoms with E-state index < -0.39 is 4.92 Å². The molecule has 0 radical (unpaired) electrons. The summed E-state index contributed by atoms with van der Waals surface area (Å²) in [7, 11) is 4.13. The number of rotatable bonds is 7. The third kappa shape index (κ3) is 6.10. The molecule has 1 rings (SSSR count). The standard InChI is InChI=1S/C14H19N3O3/c1-16(2)11-3-10-15-14(18)9-6-12-4-7-13(8-5-12)17(19)20/h4-9H,3,10-11H2,1-2H3,(H,15,18)/p+1/b9-6+. The van der Waals surface area contributed by atoms with E-state index in [1.807, 2.05) is 0 Å². The minimum absolute atomic E-state index is 0.0396. The molecule has 20 heavy (non-hydrogen) atoms. The van der Waals surface area contributed by atoms with Crippen molar-refractivity contribution in [2.75, 3.05) is 27.2 Å². The maximum atomic E-state index is 11.5. The van der Waals surface area contributed by atoms with Crippen LogP contribution in [0.4, 0.5) is 5.69 Å². The minimum atomic E-state index is -0.451. The Kier molecular flexibility index (Phi) is 6.39. The fourth-order valence-corrected chi connectivity index (χ4v) is 1.59. The maximum absolute atomic E-state index is 11.5. The van der Waals surface area contributed by atoms with E-state index >= 15 is 0 Å². The lowest BCUT2D eigenvalue weighted by Gasteiger charge is -2.06. The van der Waals surface area contributed by atoms with Crippen molar-refractivity contribution in [2.24, 2.45) is 0 Å². The number of nitro groups is 1. The van der Waals surface area contributed by atoms with E-state index in [-0.39, 0.29) is 11.6 Å². The van der Waals surface area contributed by atoms with Gasteiger partial charge in [-0.3, -0.25) is 14.9 Å². The number of hydrogen-bond donors (Lipinski definition) is 2. The fourth-order valence-electron chi connectivity index (χ4n) is 1.59. The average molecular weight is 278 g/mol. The van der Waals surface area contributed by atoms with Crippen molar-refractivity contribution in [1.82, 2.24) is 5.32 Å². The molecule has 0 spiro atoms. The number of nitro benzene ring substituents is 1. The number of benzene rings is 1. The monoisotopic (exact) mass is 278 g/mol. The molecule has 6 nitrogen and oxygen atoms in total. The molecule has 0 atom stereocenters. The van der Waals surface area contributed by atoms with Gasteiger partial charge in [0, 0.05) is 31.2 Å². The Balaban J connectivity index is 2.39. The van der Waals surface area contributed by atoms with Gasteiger partial charge in [-0.25, -0.2) is 0 Å². The van der Waals surface area contributed by atoms with Gasteiger partial charge in [0.1, 0.15) is 0 Å². The second-order valence-corrected chi connectivity index (χ2v) is 4.78. The lowest BCUT2D eigenvalue weighted by atomic mass is 10.2. The Morgan fingerprint density at radius 2 is 2.00 bits per heavy atom. The molecule has 0 saturated heterocycles. The molecule has 0 aromatic heterocycles. The lowest BCUT2D eigenvalue weighted by Crippen LogP contribution is -3.05. The van der Waals surface area contributed by atoms with Crippen LogP contribution >= 0.6 is 0 Å². The van der Waals surface area contributed by atoms with Crippen LogP contribution in [0, 0.1) is 10.1 Å². The van der Waals surface area contributed by atoms with Gasteiger partial charge in [-0.15, -0.1) is 0 Å². The van der Waals surface area contributed by atoms with Gasteiger partial charge in [0.2, 0.25) is 5.91 Å². The van der Waals surface area contributed by atoms with Gasteiger partial charge in [0.05, 0.1) is 25.6 Å². The predicted octanol–water partition coefficient (Wildman–Crippen LogP) is 0.259. The number of amides is 1. The zero-order chi connectivity index (χ0) is 15.0. The Bertz CT molecular complexity index is 481. The van der Waals surface area contributed by atoms with E-state index in [1.54, 1.807) is 18.2 Å². The van der Waals surface area contributed by atoms with Crippen LogP contribution < -0.4 is 10.2 Å². The van der Waals surface area contributed by atoms with Gasteiger partial charge < -0.3 is 10.2 Å². The minimum Gasteiger partial charge on any atom is -0.352 e. The Labute approximate surface area is 118 Å². The molecule has 108 valence electrons. The number of non-ortho nitro benzene ring substituents is 1. The highest BCUT2D eigenvalue weighted by Gasteiger charge is 2.02. The third-order valence-corrected chi connectivity index (χ3v) is 2.68. The zero-order valence-corrected chi connectivity index (χ0v) is 11.8. The molecule has 0 aliphatic heterocycles. The van der Waals surface area contributed by atoms with Gasteiger partial charge in [-0.2, -0.15) is 0 Å². The summed E-state index contributed by atoms with van der Waals surface area (Å²) in [4.78, 5) is 22.9. The second kappa shape index (κ2) is 8.06. The SMILES string of the molecule is C[NH+](C)CCCNC(=O)/C=C/c1ccc([N+](=O)[O-])cc1. The third-order valence-electron chi connectivity index (χ3n) is 2.68. The molecule has 0 bridgehead atoms. The van der Waals surface area contributed by atoms with E-state index in [4.69, 9.17) is 0 Å². The first-order chi connectivity index (χ1) is 9.49. The van der Waals surface area contributed by atoms with Crippen LogP contribution in [0.5, 0.6) is 0 Å². The summed E-state index contributed by atoms with van der Waals surface area (Å²) in [6.45, 7) is 1.65. The van der Waals surface area contributed by atoms with Gasteiger partial charge in [0.15, 0.2) is 0 Å². The molecule has 2 N–H and O–H groups in total. The largest absolute Gasteiger partial charge is 0.352 e. The summed E-state index contributed by atoms with van der Waals surface area (Å²) in [6.07, 6.45) is 4.00. The number of nitrogens with zero attached hydrogens (tertiary/aromatic N) is 1. The van der Waals surface area contributed by atoms with Crippen LogP contribution in [0.1, 0.15) is 12.0 Å². The van der Waals surface area contributed by atoms with Gasteiger partial charge in [-0.1, -0.05) is 0 Å². The van der Waals surface area contributed by atoms with E-state index in [2.05, 4.69) is 19.4 Å². The molecule has 1 aromatic rings. The van der Waals surface area contributed by atoms with Crippen LogP contribution in [0.15, 0.2) is 30.3 Å². The Morgan fingerprint density at radius 3 is 2.55 bits per heavy atom. The fraction of sp³-hybridized carbons (Fsp3) is 0.357. The summed E-state index contributed by atoms with van der Waals surface area (Å²) in [6, 6.07) is 6.05. The van der Waals surface area contributed by atoms with Crippen LogP contribution in [0.3, 0.4) is 0 Å². The molecule has 1 amide bonds. The van der Waals surface area contributed by atoms with Crippen LogP contribution in [-0.2, 0) is 4.79 Å². The van der Waals surface area contributed by atoms with E-state index in [9.17, 15) is 14.9 Å². The Morgan fingerprint density at radius 1 is 1.35 bits per heavy atom. The van der Waals surface area contributed by atoms with Crippen molar-refractivity contribution in [3.05, 3.63) is 46.0 Å². The number of carbonyl (C=O) groups excluding carboxylic acids is 1. The van der Waals surface area contributed by atoms with Crippen LogP contribution in [-0.4, -0.2) is 38.0 Å². The molecule has 0 unspecified atom stereocenters. The van der Waals surface area contributed by atoms with Crippen molar-refractivity contribution >= 4 is 17.7 Å². The highest BCUT2D eigenvalue weighted by molar-refractivity contribution is 5.91. The molecule has 0 heterocycles. The van der Waals surface area contributed by atoms with E-state index in [0.29, 0.717) is 6.54 Å². The summed E-state index contributed by atoms with van der Waals surface area (Å²) < 4.78 is 0. The summed E-state index contributed by atoms with van der Waals surface area (Å²) in [5, 5.41) is 13.3. The molecule has 0 fully saturated rings. The normalized spacial score (nSPS) is 10.9. The number of carbonyl (C=O) groups is 1. The van der Waals surface area contributed by atoms with E-state index in [0.717, 1.165) is 18.5 Å². The highest BCUT2D eigenvalue weighted by Crippen LogP contribution is 2.12. The molecular weight excluding hydrogens is 258 g/mol. The first-order valence-electron chi connectivity index (χ1n) is 6.48. The molecular formula is C14H20N3O3+. The van der Waals surface area contributed by atoms with Gasteiger partial charge >= 0.3 is 0 Å². The molecule has 0 aliphatic rings. The van der Waals surface area contributed by atoms with Gasteiger partial charge in [0.25, 0.3) is 5.69 Å². The van der Waals surface area contributed by atoms with Crippen molar-refractivity contribution in [1.29, 1.82) is 0 Å². The van der Waals surface area contributed by atoms with Crippen LogP contribution in [0.2, 0.25) is 0 Å². The van der Waals surface area contributed by atoms with Crippen molar-refractivity contribution in [3.63, 3.8) is 0 Å². The quantitative estimate of drug-likeness (QED) is 0.325. The number of hydrogen-bond acceptors (Lipinski definition) is 3. The lowest BCUT2D eigenvalue weighted by molar-refractivity contribution is -0.858. The predicted molar refractivity (Wildman–Crippen MR) is 77.4 cm³/mol. The topological polar surface area (TPSA) is 76.7 Å². The number of quaternary nitrogens is 1. The highest BCUT2D eigenvalue weighted by atomic mass is 16.6. The summed E-state index contributed by atoms with van der Waals surface area (Å²) in [5.41, 5.74) is 0.793. The first-order valence-corrected chi connectivity index (χ1v) is 6.48. The van der Waals surface area contributed by atoms with Gasteiger partial charge in [-0.05, 0) is 23.8 Å². The van der Waals surface area contributed by atoms with Crippen molar-refractivity contribution in [2.45, 2.75) is 6.42 Å². The van der Waals surface area contributed by atoms with Crippen LogP contribution in [0.25, 0.3) is 6.08 Å². The second-order valence-electron chi connectivity index (χ2n) is 4.78. The average Bonchev–Trinajstić information content (AvgIpc) is 2.41. The summed E-state index contributed by atoms with van der Waals surface area (Å²) in [5.74, 6) is -0.155. The zero-order valence-electron chi connectivity index (χ0n) is 11.8. The van der Waals surface area contributed by atoms with Crippen molar-refractivity contribution < 1.29 is 14.6 Å². The molecule has 0 aliphatic carbocycles. The maximum Gasteiger partial charge on any atom is 0.269 e. The summed E-state index contributed by atoms with van der Waals surface area (Å²) >= 11 is 0. The molecule has 0 saturated carbocycles. The number of nitrogens with one attached hydrogen (secondary N) is 2. The first kappa shape index (κ1) is 15.8. The van der Waals surface area contributed by atoms with E-state index in [1.165, 1.54) is 23.1 Å². The Hall–Kier alpha value is -2.21. The van der Waals surface area contributed by atoms with Crippen molar-refractivity contribution in [3.8, 4) is 0 Å².